The van der Waals surface area contributed by atoms with Gasteiger partial charge in [-0.05, 0) is 55.2 Å². The summed E-state index contributed by atoms with van der Waals surface area (Å²) in [4.78, 5) is 14.6. The number of hydrogen-bond donors (Lipinski definition) is 0. The van der Waals surface area contributed by atoms with Gasteiger partial charge < -0.3 is 9.64 Å². The number of carbonyl (C=O) groups is 1. The Balaban J connectivity index is 1.83. The van der Waals surface area contributed by atoms with Crippen LogP contribution in [0.2, 0.25) is 0 Å². The van der Waals surface area contributed by atoms with Crippen molar-refractivity contribution in [2.75, 3.05) is 27.2 Å². The Morgan fingerprint density at radius 2 is 1.83 bits per heavy atom. The highest BCUT2D eigenvalue weighted by molar-refractivity contribution is 7.89. The van der Waals surface area contributed by atoms with Crippen molar-refractivity contribution in [1.29, 1.82) is 0 Å². The maximum Gasteiger partial charge on any atom is 0.254 e. The van der Waals surface area contributed by atoms with E-state index in [1.165, 1.54) is 34.5 Å². The van der Waals surface area contributed by atoms with Gasteiger partial charge in [-0.1, -0.05) is 18.6 Å². The lowest BCUT2D eigenvalue weighted by Gasteiger charge is -2.26. The average Bonchev–Trinajstić information content (AvgIpc) is 2.74. The smallest absolute Gasteiger partial charge is 0.254 e. The number of sulfonamides is 1. The van der Waals surface area contributed by atoms with Crippen LogP contribution in [-0.4, -0.2) is 50.8 Å². The van der Waals surface area contributed by atoms with Crippen LogP contribution >= 0.6 is 0 Å². The number of methoxy groups -OCH3 is 1. The molecule has 30 heavy (non-hydrogen) atoms. The van der Waals surface area contributed by atoms with Gasteiger partial charge in [0.05, 0.1) is 12.0 Å². The van der Waals surface area contributed by atoms with Gasteiger partial charge in [-0.15, -0.1) is 0 Å². The summed E-state index contributed by atoms with van der Waals surface area (Å²) in [6, 6.07) is 9.19. The molecule has 8 heteroatoms. The highest BCUT2D eigenvalue weighted by Gasteiger charge is 2.27. The van der Waals surface area contributed by atoms with Crippen molar-refractivity contribution in [2.45, 2.75) is 37.6 Å². The lowest BCUT2D eigenvalue weighted by molar-refractivity contribution is 0.0784. The zero-order valence-electron chi connectivity index (χ0n) is 17.5. The summed E-state index contributed by atoms with van der Waals surface area (Å²) >= 11 is 0. The van der Waals surface area contributed by atoms with Gasteiger partial charge in [-0.25, -0.2) is 12.8 Å². The molecule has 1 aliphatic rings. The van der Waals surface area contributed by atoms with Crippen molar-refractivity contribution in [3.05, 3.63) is 58.9 Å². The van der Waals surface area contributed by atoms with Gasteiger partial charge >= 0.3 is 0 Å². The fourth-order valence-corrected chi connectivity index (χ4v) is 5.15. The Hall–Kier alpha value is -2.45. The Morgan fingerprint density at radius 3 is 2.47 bits per heavy atom. The number of amides is 1. The lowest BCUT2D eigenvalue weighted by atomic mass is 10.1. The van der Waals surface area contributed by atoms with Crippen LogP contribution in [0.15, 0.2) is 41.3 Å². The molecule has 1 aliphatic heterocycles. The van der Waals surface area contributed by atoms with Crippen molar-refractivity contribution in [3.8, 4) is 5.75 Å². The normalized spacial score (nSPS) is 15.1. The number of benzene rings is 2. The summed E-state index contributed by atoms with van der Waals surface area (Å²) in [5.41, 5.74) is 1.62. The van der Waals surface area contributed by atoms with E-state index in [0.29, 0.717) is 29.8 Å². The van der Waals surface area contributed by atoms with E-state index in [0.717, 1.165) is 19.3 Å². The molecule has 0 unspecified atom stereocenters. The second-order valence-corrected chi connectivity index (χ2v) is 9.51. The SMILES string of the molecule is COc1ccc(CN(C)C(=O)c2cc(S(=O)(=O)N3CCCCC3)ccc2C)cc1F. The zero-order chi connectivity index (χ0) is 21.9. The van der Waals surface area contributed by atoms with E-state index in [2.05, 4.69) is 0 Å². The van der Waals surface area contributed by atoms with E-state index in [-0.39, 0.29) is 23.1 Å². The molecule has 1 fully saturated rings. The fraction of sp³-hybridized carbons (Fsp3) is 0.409. The molecule has 0 atom stereocenters. The van der Waals surface area contributed by atoms with Gasteiger partial charge in [0.15, 0.2) is 11.6 Å². The van der Waals surface area contributed by atoms with Crippen molar-refractivity contribution in [3.63, 3.8) is 0 Å². The molecule has 6 nitrogen and oxygen atoms in total. The number of piperidine rings is 1. The third-order valence-electron chi connectivity index (χ3n) is 5.37. The molecule has 2 aromatic rings. The van der Waals surface area contributed by atoms with Crippen LogP contribution in [0.25, 0.3) is 0 Å². The molecule has 0 aromatic heterocycles. The summed E-state index contributed by atoms with van der Waals surface area (Å²) in [5, 5.41) is 0. The Bertz CT molecular complexity index is 1030. The van der Waals surface area contributed by atoms with Gasteiger partial charge in [0.2, 0.25) is 10.0 Å². The average molecular weight is 435 g/mol. The standard InChI is InChI=1S/C22H27FN2O4S/c1-16-7-9-18(30(27,28)25-11-5-4-6-12-25)14-19(16)22(26)24(2)15-17-8-10-21(29-3)20(23)13-17/h7-10,13-14H,4-6,11-12,15H2,1-3H3. The van der Waals surface area contributed by atoms with Crippen LogP contribution in [0.3, 0.4) is 0 Å². The molecule has 1 amide bonds. The van der Waals surface area contributed by atoms with Gasteiger partial charge in [0, 0.05) is 32.2 Å². The van der Waals surface area contributed by atoms with Crippen molar-refractivity contribution in [1.82, 2.24) is 9.21 Å². The van der Waals surface area contributed by atoms with Gasteiger partial charge in [0.1, 0.15) is 0 Å². The summed E-state index contributed by atoms with van der Waals surface area (Å²) in [7, 11) is -0.636. The van der Waals surface area contributed by atoms with Crippen LogP contribution in [0.1, 0.15) is 40.7 Å². The van der Waals surface area contributed by atoms with Crippen molar-refractivity contribution < 1.29 is 22.3 Å². The second kappa shape index (κ2) is 9.14. The van der Waals surface area contributed by atoms with E-state index >= 15 is 0 Å². The third kappa shape index (κ3) is 4.65. The fourth-order valence-electron chi connectivity index (χ4n) is 3.61. The largest absolute Gasteiger partial charge is 0.494 e. The molecule has 0 bridgehead atoms. The van der Waals surface area contributed by atoms with Crippen LogP contribution in [0, 0.1) is 12.7 Å². The summed E-state index contributed by atoms with van der Waals surface area (Å²) in [5.74, 6) is -0.680. The van der Waals surface area contributed by atoms with Crippen LogP contribution in [0.4, 0.5) is 4.39 Å². The number of hydrogen-bond acceptors (Lipinski definition) is 4. The monoisotopic (exact) mass is 434 g/mol. The van der Waals surface area contributed by atoms with E-state index < -0.39 is 15.8 Å². The first-order valence-electron chi connectivity index (χ1n) is 9.92. The molecule has 0 N–H and O–H groups in total. The minimum atomic E-state index is -3.63. The Kier molecular flexibility index (Phi) is 6.77. The minimum absolute atomic E-state index is 0.127. The predicted octanol–water partition coefficient (Wildman–Crippen LogP) is 3.59. The van der Waals surface area contributed by atoms with Crippen LogP contribution in [0.5, 0.6) is 5.75 Å². The van der Waals surface area contributed by atoms with Gasteiger partial charge in [-0.3, -0.25) is 4.79 Å². The number of aryl methyl sites for hydroxylation is 1. The molecule has 0 saturated carbocycles. The van der Waals surface area contributed by atoms with E-state index in [4.69, 9.17) is 4.74 Å². The first-order chi connectivity index (χ1) is 14.2. The maximum absolute atomic E-state index is 14.0. The molecular formula is C22H27FN2O4S. The lowest BCUT2D eigenvalue weighted by Crippen LogP contribution is -2.35. The maximum atomic E-state index is 14.0. The summed E-state index contributed by atoms with van der Waals surface area (Å²) < 4.78 is 46.3. The number of halogens is 1. The van der Waals surface area contributed by atoms with Gasteiger partial charge in [0.25, 0.3) is 5.91 Å². The quantitative estimate of drug-likeness (QED) is 0.697. The molecule has 162 valence electrons. The summed E-state index contributed by atoms with van der Waals surface area (Å²) in [6.07, 6.45) is 2.72. The third-order valence-corrected chi connectivity index (χ3v) is 7.27. The van der Waals surface area contributed by atoms with E-state index in [1.54, 1.807) is 32.2 Å². The topological polar surface area (TPSA) is 66.9 Å². The highest BCUT2D eigenvalue weighted by atomic mass is 32.2. The highest BCUT2D eigenvalue weighted by Crippen LogP contribution is 2.24. The second-order valence-electron chi connectivity index (χ2n) is 7.57. The number of rotatable bonds is 6. The van der Waals surface area contributed by atoms with Crippen LogP contribution < -0.4 is 4.74 Å². The van der Waals surface area contributed by atoms with E-state index in [1.807, 2.05) is 0 Å². The van der Waals surface area contributed by atoms with Crippen LogP contribution in [-0.2, 0) is 16.6 Å². The van der Waals surface area contributed by atoms with Gasteiger partial charge in [-0.2, -0.15) is 4.31 Å². The van der Waals surface area contributed by atoms with Crippen molar-refractivity contribution in [2.24, 2.45) is 0 Å². The molecule has 2 aromatic carbocycles. The minimum Gasteiger partial charge on any atom is -0.494 e. The first kappa shape index (κ1) is 22.2. The van der Waals surface area contributed by atoms with Crippen molar-refractivity contribution >= 4 is 15.9 Å². The molecule has 1 saturated heterocycles. The number of nitrogens with zero attached hydrogens (tertiary/aromatic N) is 2. The molecule has 0 radical (unpaired) electrons. The first-order valence-corrected chi connectivity index (χ1v) is 11.4. The number of carbonyl (C=O) groups excluding carboxylic acids is 1. The number of ether oxygens (including phenoxy) is 1. The molecule has 1 heterocycles. The Labute approximate surface area is 177 Å². The molecule has 0 aliphatic carbocycles. The molecule has 0 spiro atoms. The zero-order valence-corrected chi connectivity index (χ0v) is 18.3. The predicted molar refractivity (Wildman–Crippen MR) is 113 cm³/mol. The molecule has 3 rings (SSSR count). The molecular weight excluding hydrogens is 407 g/mol. The van der Waals surface area contributed by atoms with E-state index in [9.17, 15) is 17.6 Å². The Morgan fingerprint density at radius 1 is 1.13 bits per heavy atom. The summed E-state index contributed by atoms with van der Waals surface area (Å²) in [6.45, 7) is 2.96.